The molecule has 2 N–H and O–H groups in total. The van der Waals surface area contributed by atoms with Crippen LogP contribution in [0.1, 0.15) is 13.8 Å². The summed E-state index contributed by atoms with van der Waals surface area (Å²) in [4.78, 5) is 4.61. The van der Waals surface area contributed by atoms with E-state index in [0.29, 0.717) is 13.2 Å². The lowest BCUT2D eigenvalue weighted by atomic mass is 10.8. The molecule has 0 saturated heterocycles. The molecule has 0 rings (SSSR count). The van der Waals surface area contributed by atoms with Crippen molar-refractivity contribution in [3.05, 3.63) is 0 Å². The number of hydrogen-bond donors (Lipinski definition) is 2. The monoisotopic (exact) mass is 120 g/mol. The smallest absolute Gasteiger partial charge is 0.0671 e. The van der Waals surface area contributed by atoms with Gasteiger partial charge in [-0.15, -0.1) is 10.8 Å². The Morgan fingerprint density at radius 2 is 2.25 bits per heavy atom. The van der Waals surface area contributed by atoms with Crippen LogP contribution >= 0.6 is 0 Å². The summed E-state index contributed by atoms with van der Waals surface area (Å²) in [6.07, 6.45) is 0. The molecule has 8 heavy (non-hydrogen) atoms. The molecule has 50 valence electrons. The van der Waals surface area contributed by atoms with Crippen LogP contribution in [0.3, 0.4) is 0 Å². The number of hydrogen-bond acceptors (Lipinski definition) is 4. The van der Waals surface area contributed by atoms with Crippen LogP contribution < -0.4 is 5.59 Å². The minimum absolute atomic E-state index is 0.500. The van der Waals surface area contributed by atoms with Crippen molar-refractivity contribution in [1.82, 2.24) is 10.8 Å². The number of nitrogens with one attached hydrogen (secondary N) is 1. The Morgan fingerprint density at radius 1 is 1.62 bits per heavy atom. The zero-order valence-electron chi connectivity index (χ0n) is 5.22. The third-order valence-corrected chi connectivity index (χ3v) is 0.614. The van der Waals surface area contributed by atoms with Crippen molar-refractivity contribution in [2.45, 2.75) is 13.8 Å². The Bertz CT molecular complexity index is 51.3. The van der Waals surface area contributed by atoms with E-state index in [1.807, 2.05) is 6.92 Å². The molecule has 0 radical (unpaired) electrons. The second-order valence-corrected chi connectivity index (χ2v) is 1.24. The molecule has 0 aliphatic rings. The van der Waals surface area contributed by atoms with Crippen LogP contribution in [-0.2, 0) is 4.84 Å². The fourth-order valence-corrected chi connectivity index (χ4v) is 0.204. The Labute approximate surface area is 48.9 Å². The number of rotatable bonds is 4. The molecule has 0 unspecified atom stereocenters. The van der Waals surface area contributed by atoms with Crippen LogP contribution in [0.4, 0.5) is 0 Å². The molecule has 4 nitrogen and oxygen atoms in total. The second-order valence-electron chi connectivity index (χ2n) is 1.24. The zero-order valence-corrected chi connectivity index (χ0v) is 5.22. The van der Waals surface area contributed by atoms with Crippen molar-refractivity contribution >= 4 is 0 Å². The van der Waals surface area contributed by atoms with Gasteiger partial charge in [0.2, 0.25) is 0 Å². The van der Waals surface area contributed by atoms with Crippen molar-refractivity contribution in [3.8, 4) is 0 Å². The average molecular weight is 120 g/mol. The van der Waals surface area contributed by atoms with Crippen molar-refractivity contribution in [2.24, 2.45) is 0 Å². The van der Waals surface area contributed by atoms with E-state index in [1.165, 1.54) is 0 Å². The topological polar surface area (TPSA) is 44.7 Å². The fraction of sp³-hybridized carbons (Fsp3) is 1.00. The van der Waals surface area contributed by atoms with Crippen molar-refractivity contribution in [1.29, 1.82) is 0 Å². The first-order valence-electron chi connectivity index (χ1n) is 2.65. The van der Waals surface area contributed by atoms with Gasteiger partial charge in [-0.25, -0.2) is 0 Å². The van der Waals surface area contributed by atoms with Crippen molar-refractivity contribution in [2.75, 3.05) is 13.2 Å². The molecule has 0 aromatic heterocycles. The summed E-state index contributed by atoms with van der Waals surface area (Å²) in [6.45, 7) is 4.67. The van der Waals surface area contributed by atoms with E-state index in [4.69, 9.17) is 5.21 Å². The molecule has 0 heterocycles. The predicted octanol–water partition coefficient (Wildman–Crippen LogP) is 0.154. The number of hydrazine groups is 1. The molecule has 0 spiro atoms. The lowest BCUT2D eigenvalue weighted by Gasteiger charge is -2.10. The maximum atomic E-state index is 8.59. The van der Waals surface area contributed by atoms with E-state index < -0.39 is 0 Å². The minimum Gasteiger partial charge on any atom is -0.297 e. The van der Waals surface area contributed by atoms with Crippen molar-refractivity contribution in [3.63, 3.8) is 0 Å². The molecule has 0 aromatic rings. The molecule has 0 saturated carbocycles. The Morgan fingerprint density at radius 3 is 2.62 bits per heavy atom. The maximum Gasteiger partial charge on any atom is 0.0671 e. The van der Waals surface area contributed by atoms with E-state index in [-0.39, 0.29) is 0 Å². The van der Waals surface area contributed by atoms with Crippen LogP contribution in [0, 0.1) is 0 Å². The lowest BCUT2D eigenvalue weighted by Crippen LogP contribution is -2.34. The van der Waals surface area contributed by atoms with E-state index in [0.717, 1.165) is 5.17 Å². The van der Waals surface area contributed by atoms with E-state index >= 15 is 0 Å². The van der Waals surface area contributed by atoms with Gasteiger partial charge in [0, 0.05) is 6.54 Å². The van der Waals surface area contributed by atoms with E-state index in [1.54, 1.807) is 6.92 Å². The van der Waals surface area contributed by atoms with Gasteiger partial charge in [0.15, 0.2) is 0 Å². The van der Waals surface area contributed by atoms with Gasteiger partial charge in [-0.2, -0.15) is 0 Å². The molecule has 0 aliphatic heterocycles. The molecule has 0 amide bonds. The van der Waals surface area contributed by atoms with E-state index in [2.05, 4.69) is 10.4 Å². The fourth-order valence-electron chi connectivity index (χ4n) is 0.204. The van der Waals surface area contributed by atoms with Gasteiger partial charge in [0.05, 0.1) is 6.61 Å². The zero-order chi connectivity index (χ0) is 6.41. The summed E-state index contributed by atoms with van der Waals surface area (Å²) >= 11 is 0. The van der Waals surface area contributed by atoms with Crippen molar-refractivity contribution < 1.29 is 10.0 Å². The largest absolute Gasteiger partial charge is 0.297 e. The van der Waals surface area contributed by atoms with Gasteiger partial charge in [0.1, 0.15) is 0 Å². The van der Waals surface area contributed by atoms with Crippen LogP contribution in [-0.4, -0.2) is 23.5 Å². The highest BCUT2D eigenvalue weighted by atomic mass is 16.7. The van der Waals surface area contributed by atoms with E-state index in [9.17, 15) is 0 Å². The lowest BCUT2D eigenvalue weighted by molar-refractivity contribution is -0.233. The summed E-state index contributed by atoms with van der Waals surface area (Å²) in [5.74, 6) is 0. The number of nitrogens with zero attached hydrogens (tertiary/aromatic N) is 1. The molecule has 0 aliphatic carbocycles. The van der Waals surface area contributed by atoms with Gasteiger partial charge < -0.3 is 0 Å². The Hall–Kier alpha value is -0.160. The molecule has 0 atom stereocenters. The summed E-state index contributed by atoms with van der Waals surface area (Å²) in [6, 6.07) is 0. The Kier molecular flexibility index (Phi) is 4.89. The van der Waals surface area contributed by atoms with Crippen LogP contribution in [0.25, 0.3) is 0 Å². The maximum absolute atomic E-state index is 8.59. The van der Waals surface area contributed by atoms with Crippen LogP contribution in [0.5, 0.6) is 0 Å². The summed E-state index contributed by atoms with van der Waals surface area (Å²) in [7, 11) is 0. The molecular weight excluding hydrogens is 108 g/mol. The summed E-state index contributed by atoms with van der Waals surface area (Å²) in [5.41, 5.74) is 2.27. The first-order chi connectivity index (χ1) is 3.81. The number of hydroxylamine groups is 1. The molecule has 0 bridgehead atoms. The Balaban J connectivity index is 2.86. The summed E-state index contributed by atoms with van der Waals surface area (Å²) < 4.78 is 0. The minimum atomic E-state index is 0.500. The first-order valence-corrected chi connectivity index (χ1v) is 2.65. The van der Waals surface area contributed by atoms with Crippen LogP contribution in [0.2, 0.25) is 0 Å². The van der Waals surface area contributed by atoms with Gasteiger partial charge in [-0.3, -0.25) is 10.0 Å². The third kappa shape index (κ3) is 4.01. The third-order valence-electron chi connectivity index (χ3n) is 0.614. The first kappa shape index (κ1) is 7.84. The quantitative estimate of drug-likeness (QED) is 0.518. The SMILES string of the molecule is CCONN(O)CC. The molecule has 4 heteroatoms. The van der Waals surface area contributed by atoms with Crippen LogP contribution in [0.15, 0.2) is 0 Å². The van der Waals surface area contributed by atoms with Gasteiger partial charge >= 0.3 is 0 Å². The molecule has 0 aromatic carbocycles. The van der Waals surface area contributed by atoms with Gasteiger partial charge in [0.25, 0.3) is 0 Å². The highest BCUT2D eigenvalue weighted by Gasteiger charge is 1.89. The highest BCUT2D eigenvalue weighted by molar-refractivity contribution is 4.14. The normalized spacial score (nSPS) is 10.5. The summed E-state index contributed by atoms with van der Waals surface area (Å²) in [5, 5.41) is 9.45. The predicted molar refractivity (Wildman–Crippen MR) is 28.9 cm³/mol. The molecule has 0 fully saturated rings. The standard InChI is InChI=1S/C4H12N2O2/c1-3-6(7)5-8-4-2/h5,7H,3-4H2,1-2H3. The van der Waals surface area contributed by atoms with Gasteiger partial charge in [-0.05, 0) is 13.8 Å². The molecular formula is C4H12N2O2. The van der Waals surface area contributed by atoms with Gasteiger partial charge in [-0.1, -0.05) is 0 Å². The average Bonchev–Trinajstić information content (AvgIpc) is 1.83. The highest BCUT2D eigenvalue weighted by Crippen LogP contribution is 1.70. The second kappa shape index (κ2) is 4.99.